The molecule has 14 aromatic carbocycles. The smallest absolute Gasteiger partial charge is 0.115 e. The summed E-state index contributed by atoms with van der Waals surface area (Å²) >= 11 is 1.99. The molecule has 0 spiro atoms. The average molecular weight is 2000 g/mol. The van der Waals surface area contributed by atoms with Gasteiger partial charge in [0.2, 0.25) is 0 Å². The van der Waals surface area contributed by atoms with Gasteiger partial charge in [-0.05, 0) is 377 Å². The van der Waals surface area contributed by atoms with Crippen molar-refractivity contribution in [3.63, 3.8) is 0 Å². The van der Waals surface area contributed by atoms with E-state index in [0.29, 0.717) is 93.0 Å². The van der Waals surface area contributed by atoms with Crippen LogP contribution in [0.25, 0.3) is 0 Å². The van der Waals surface area contributed by atoms with Crippen LogP contribution in [0.2, 0.25) is 0 Å². The number of unbranched alkanes of at least 4 members (excludes halogenated alkanes) is 3. The zero-order chi connectivity index (χ0) is 105. The van der Waals surface area contributed by atoms with Crippen LogP contribution in [0.3, 0.4) is 0 Å². The van der Waals surface area contributed by atoms with Crippen molar-refractivity contribution in [3.05, 3.63) is 418 Å². The van der Waals surface area contributed by atoms with Gasteiger partial charge >= 0.3 is 0 Å². The highest BCUT2D eigenvalue weighted by Gasteiger charge is 2.56. The monoisotopic (exact) mass is 2000 g/mol. The van der Waals surface area contributed by atoms with Crippen LogP contribution in [0.1, 0.15) is 306 Å². The fourth-order valence-corrected chi connectivity index (χ4v) is 25.4. The van der Waals surface area contributed by atoms with Crippen LogP contribution in [0.4, 0.5) is 0 Å². The Morgan fingerprint density at radius 1 is 0.279 bits per heavy atom. The summed E-state index contributed by atoms with van der Waals surface area (Å²) in [6, 6.07) is 105. The van der Waals surface area contributed by atoms with Crippen LogP contribution in [0.5, 0.6) is 80.5 Å². The van der Waals surface area contributed by atoms with Gasteiger partial charge in [0, 0.05) is 39.9 Å². The first kappa shape index (κ1) is 112. The van der Waals surface area contributed by atoms with Crippen LogP contribution < -0.4 is 0 Å². The van der Waals surface area contributed by atoms with Gasteiger partial charge in [-0.25, -0.2) is 0 Å². The summed E-state index contributed by atoms with van der Waals surface area (Å²) in [5.41, 5.74) is 17.1. The maximum Gasteiger partial charge on any atom is 0.115 e. The van der Waals surface area contributed by atoms with E-state index in [1.807, 2.05) is 182 Å². The van der Waals surface area contributed by atoms with Crippen molar-refractivity contribution in [1.29, 1.82) is 0 Å². The number of phenols is 14. The van der Waals surface area contributed by atoms with Crippen molar-refractivity contribution >= 4 is 11.8 Å². The molecule has 14 N–H and O–H groups in total. The second-order valence-corrected chi connectivity index (χ2v) is 43.1. The van der Waals surface area contributed by atoms with Gasteiger partial charge in [0.05, 0.1) is 0 Å². The molecule has 0 aromatic heterocycles. The van der Waals surface area contributed by atoms with Gasteiger partial charge in [0.15, 0.2) is 0 Å². The van der Waals surface area contributed by atoms with Crippen molar-refractivity contribution in [2.45, 2.75) is 244 Å². The maximum atomic E-state index is 9.71. The molecule has 4 aliphatic rings. The van der Waals surface area contributed by atoms with Gasteiger partial charge in [-0.15, -0.1) is 0 Å². The molecule has 15 heteroatoms. The van der Waals surface area contributed by atoms with E-state index in [4.69, 9.17) is 0 Å². The van der Waals surface area contributed by atoms with E-state index in [-0.39, 0.29) is 50.6 Å². The predicted molar refractivity (Wildman–Crippen MR) is 602 cm³/mol. The van der Waals surface area contributed by atoms with E-state index in [1.54, 1.807) is 146 Å². The number of hydrogen-bond donors (Lipinski definition) is 14. The molecule has 0 radical (unpaired) electrons. The molecule has 1 saturated heterocycles. The fourth-order valence-electron chi connectivity index (χ4n) is 24.2. The van der Waals surface area contributed by atoms with Crippen molar-refractivity contribution in [2.24, 2.45) is 46.8 Å². The maximum absolute atomic E-state index is 9.71. The van der Waals surface area contributed by atoms with Crippen molar-refractivity contribution < 1.29 is 71.5 Å². The minimum atomic E-state index is -0.0681. The number of hydrogen-bond acceptors (Lipinski definition) is 15. The van der Waals surface area contributed by atoms with Crippen LogP contribution in [-0.4, -0.2) is 83.0 Å². The molecule has 6 atom stereocenters. The minimum Gasteiger partial charge on any atom is -0.508 e. The SMILES string of the molecule is CC(C)(C)C(c1ccc(O)cc1)c1ccc(O)cc1.CCC(CC)(c1ccc(O)cc1)c1ccc(O)cc1.CCC(CC)C(c1ccc(O)cc1)c1ccc(O)cc1.CCCCC(CC)C(c1ccc(O)cc1)c1ccc(O)cc1.CCCCCC(CC)(c1ccc(O)cc1)c1ccc(O)cc1.Oc1ccc(C(c2ccc(O)cc2)C2CC3CC2C2CCCC32)cc1.Oc1ccc(C2(c3ccc(O)cc3)CCSCC2)cc1. The topological polar surface area (TPSA) is 283 Å². The molecular weight excluding hydrogens is 1840 g/mol. The Balaban J connectivity index is 0.000000153. The molecule has 6 unspecified atom stereocenters. The molecule has 18 rings (SSSR count). The molecular formula is C132H158O14S. The second kappa shape index (κ2) is 53.8. The van der Waals surface area contributed by atoms with E-state index in [2.05, 4.69) is 100 Å². The molecule has 3 saturated carbocycles. The zero-order valence-electron chi connectivity index (χ0n) is 87.9. The number of benzene rings is 14. The van der Waals surface area contributed by atoms with Crippen LogP contribution >= 0.6 is 11.8 Å². The van der Waals surface area contributed by atoms with E-state index in [1.165, 1.54) is 137 Å². The largest absolute Gasteiger partial charge is 0.508 e. The van der Waals surface area contributed by atoms with E-state index >= 15 is 0 Å². The minimum absolute atomic E-state index is 0.00660. The van der Waals surface area contributed by atoms with Gasteiger partial charge in [-0.2, -0.15) is 11.8 Å². The highest BCUT2D eigenvalue weighted by molar-refractivity contribution is 7.99. The van der Waals surface area contributed by atoms with E-state index < -0.39 is 0 Å². The molecule has 776 valence electrons. The van der Waals surface area contributed by atoms with Crippen LogP contribution in [0.15, 0.2) is 340 Å². The molecule has 4 fully saturated rings. The number of rotatable bonds is 30. The summed E-state index contributed by atoms with van der Waals surface area (Å²) in [5, 5.41) is 133. The lowest BCUT2D eigenvalue weighted by atomic mass is 9.67. The summed E-state index contributed by atoms with van der Waals surface area (Å²) in [6.07, 6.45) is 23.8. The third-order valence-corrected chi connectivity index (χ3v) is 33.1. The standard InChI is InChI=1S/C23H26O2.2C20H26O2.C18H22O2.C17H18O2S.2C17H20O2/c24-17-8-4-14(5-9-17)23(15-6-10-18(25)11-7-15)22-13-16-12-21(22)20-3-1-2-19(16)20;1-3-5-6-15-20(4-2,16-7-11-18(21)12-8-16)17-9-13-19(22)14-10-17;1-3-5-6-15(4-2)20(16-7-11-18(21)12-8-16)17-9-13-19(22)14-10-17;1-3-13(4-2)18(14-5-9-16(19)10-6-14)15-7-11-17(20)12-8-15;18-15-5-1-13(2-6-15)17(9-11-20-12-10-17)14-3-7-16(19)8-4-14;1-17(2,3)16(12-4-8-14(18)9-5-12)13-6-10-15(19)11-7-13;1-3-17(4-2,13-5-9-15(18)10-6-13)14-7-11-16(19)12-8-14/h4-11,16,19-25H,1-3,12-13H2;7-14,21-22H,3-6,15H2,1-2H3;7-15,20-22H,3-6H2,1-2H3;5-13,18-20H,3-4H2,1-2H3;1-8,18-19H,9-12H2;4-11,16,18-19H,1-3H3;5-12,18-19H,3-4H2,1-2H3. The van der Waals surface area contributed by atoms with Gasteiger partial charge in [-0.1, -0.05) is 304 Å². The lowest BCUT2D eigenvalue weighted by Crippen LogP contribution is -2.32. The quantitative estimate of drug-likeness (QED) is 0.0186. The Morgan fingerprint density at radius 2 is 0.544 bits per heavy atom. The fraction of sp³-hybridized carbons (Fsp3) is 0.364. The Kier molecular flexibility index (Phi) is 41.1. The molecule has 2 bridgehead atoms. The van der Waals surface area contributed by atoms with Crippen molar-refractivity contribution in [3.8, 4) is 80.5 Å². The molecule has 1 aliphatic heterocycles. The molecule has 14 aromatic rings. The Labute approximate surface area is 878 Å². The lowest BCUT2D eigenvalue weighted by molar-refractivity contribution is 0.175. The Hall–Kier alpha value is -13.4. The third kappa shape index (κ3) is 29.4. The molecule has 0 amide bonds. The number of phenolic OH excluding ortho intramolecular Hbond substituents is 14. The van der Waals surface area contributed by atoms with Crippen molar-refractivity contribution in [2.75, 3.05) is 11.5 Å². The number of aromatic hydroxyl groups is 14. The summed E-state index contributed by atoms with van der Waals surface area (Å²) in [7, 11) is 0. The number of thioether (sulfide) groups is 1. The van der Waals surface area contributed by atoms with Gasteiger partial charge < -0.3 is 71.5 Å². The third-order valence-electron chi connectivity index (χ3n) is 32.1. The summed E-state index contributed by atoms with van der Waals surface area (Å²) in [5.74, 6) is 13.2. The molecule has 1 heterocycles. The summed E-state index contributed by atoms with van der Waals surface area (Å²) in [4.78, 5) is 0. The second-order valence-electron chi connectivity index (χ2n) is 41.8. The lowest BCUT2D eigenvalue weighted by Gasteiger charge is -2.38. The average Bonchev–Trinajstić information content (AvgIpc) is 1.57. The number of fused-ring (bicyclic) bond motifs is 5. The molecule has 14 nitrogen and oxygen atoms in total. The zero-order valence-corrected chi connectivity index (χ0v) is 88.7. The first-order valence-corrected chi connectivity index (χ1v) is 54.7. The highest BCUT2D eigenvalue weighted by atomic mass is 32.2. The van der Waals surface area contributed by atoms with E-state index in [0.717, 1.165) is 104 Å². The predicted octanol–water partition coefficient (Wildman–Crippen LogP) is 33.2. The van der Waals surface area contributed by atoms with E-state index in [9.17, 15) is 71.5 Å². The summed E-state index contributed by atoms with van der Waals surface area (Å²) < 4.78 is 0. The van der Waals surface area contributed by atoms with Crippen LogP contribution in [0, 0.1) is 46.8 Å². The van der Waals surface area contributed by atoms with Gasteiger partial charge in [-0.3, -0.25) is 0 Å². The Morgan fingerprint density at radius 3 is 0.830 bits per heavy atom. The molecule has 147 heavy (non-hydrogen) atoms. The summed E-state index contributed by atoms with van der Waals surface area (Å²) in [6.45, 7) is 24.2. The first-order chi connectivity index (χ1) is 70.8. The van der Waals surface area contributed by atoms with Crippen molar-refractivity contribution in [1.82, 2.24) is 0 Å². The normalized spacial score (nSPS) is 16.2. The first-order valence-electron chi connectivity index (χ1n) is 53.5. The Bertz CT molecular complexity index is 5860. The molecule has 3 aliphatic carbocycles. The highest BCUT2D eigenvalue weighted by Crippen LogP contribution is 2.65. The van der Waals surface area contributed by atoms with Gasteiger partial charge in [0.1, 0.15) is 80.5 Å². The van der Waals surface area contributed by atoms with Gasteiger partial charge in [0.25, 0.3) is 0 Å². The van der Waals surface area contributed by atoms with Crippen LogP contribution in [-0.2, 0) is 16.2 Å².